The number of H-pyrrole nitrogens is 1. The molecule has 1 saturated carbocycles. The van der Waals surface area contributed by atoms with Gasteiger partial charge in [-0.3, -0.25) is 4.90 Å². The predicted molar refractivity (Wildman–Crippen MR) is 81.4 cm³/mol. The molecule has 1 heterocycles. The Morgan fingerprint density at radius 1 is 1.15 bits per heavy atom. The fourth-order valence-electron chi connectivity index (χ4n) is 2.71. The lowest BCUT2D eigenvalue weighted by atomic mass is 10.0. The zero-order valence-electron chi connectivity index (χ0n) is 13.1. The zero-order chi connectivity index (χ0) is 14.4. The van der Waals surface area contributed by atoms with Crippen LogP contribution in [0.1, 0.15) is 35.6 Å². The van der Waals surface area contributed by atoms with Gasteiger partial charge in [-0.25, -0.2) is 0 Å². The van der Waals surface area contributed by atoms with Crippen molar-refractivity contribution in [2.45, 2.75) is 32.1 Å². The summed E-state index contributed by atoms with van der Waals surface area (Å²) in [5, 5.41) is 0. The van der Waals surface area contributed by atoms with Crippen LogP contribution in [0.4, 0.5) is 0 Å². The SMILES string of the molecule is COCCN(CCOC)CCc1c(C2CC2)c[nH]c1C. The molecule has 0 spiro atoms. The Kier molecular flexibility index (Phi) is 6.07. The van der Waals surface area contributed by atoms with E-state index in [0.29, 0.717) is 0 Å². The first kappa shape index (κ1) is 15.5. The Labute approximate surface area is 122 Å². The zero-order valence-corrected chi connectivity index (χ0v) is 13.1. The van der Waals surface area contributed by atoms with Gasteiger partial charge in [0.1, 0.15) is 0 Å². The minimum atomic E-state index is 0.783. The first-order chi connectivity index (χ1) is 9.76. The summed E-state index contributed by atoms with van der Waals surface area (Å²) in [4.78, 5) is 5.83. The van der Waals surface area contributed by atoms with E-state index in [1.54, 1.807) is 19.8 Å². The molecule has 114 valence electrons. The van der Waals surface area contributed by atoms with Crippen LogP contribution in [0.15, 0.2) is 6.20 Å². The molecule has 4 nitrogen and oxygen atoms in total. The molecule has 0 aromatic carbocycles. The van der Waals surface area contributed by atoms with Crippen molar-refractivity contribution in [3.05, 3.63) is 23.0 Å². The Balaban J connectivity index is 1.88. The Hall–Kier alpha value is -0.840. The molecule has 1 aliphatic rings. The number of aryl methyl sites for hydroxylation is 1. The maximum absolute atomic E-state index is 5.20. The average molecular weight is 280 g/mol. The lowest BCUT2D eigenvalue weighted by molar-refractivity contribution is 0.115. The minimum Gasteiger partial charge on any atom is -0.383 e. The highest BCUT2D eigenvalue weighted by atomic mass is 16.5. The van der Waals surface area contributed by atoms with Crippen LogP contribution in [0.2, 0.25) is 0 Å². The molecule has 20 heavy (non-hydrogen) atoms. The number of ether oxygens (including phenoxy) is 2. The summed E-state index contributed by atoms with van der Waals surface area (Å²) in [7, 11) is 3.52. The van der Waals surface area contributed by atoms with Gasteiger partial charge in [-0.1, -0.05) is 0 Å². The monoisotopic (exact) mass is 280 g/mol. The highest BCUT2D eigenvalue weighted by Gasteiger charge is 2.27. The van der Waals surface area contributed by atoms with E-state index in [9.17, 15) is 0 Å². The summed E-state index contributed by atoms with van der Waals surface area (Å²) in [6, 6.07) is 0. The van der Waals surface area contributed by atoms with Crippen molar-refractivity contribution in [2.24, 2.45) is 0 Å². The molecule has 0 unspecified atom stereocenters. The Morgan fingerprint density at radius 2 is 1.80 bits per heavy atom. The quantitative estimate of drug-likeness (QED) is 0.715. The molecule has 0 radical (unpaired) electrons. The van der Waals surface area contributed by atoms with Crippen molar-refractivity contribution < 1.29 is 9.47 Å². The van der Waals surface area contributed by atoms with Gasteiger partial charge in [0.2, 0.25) is 0 Å². The number of hydrogen-bond donors (Lipinski definition) is 1. The second-order valence-electron chi connectivity index (χ2n) is 5.70. The predicted octanol–water partition coefficient (Wildman–Crippen LogP) is 2.34. The lowest BCUT2D eigenvalue weighted by Gasteiger charge is -2.21. The molecule has 1 aromatic rings. The highest BCUT2D eigenvalue weighted by Crippen LogP contribution is 2.42. The van der Waals surface area contributed by atoms with Crippen LogP contribution in [-0.4, -0.2) is 57.0 Å². The molecule has 1 aromatic heterocycles. The molecule has 0 bridgehead atoms. The molecule has 0 aliphatic heterocycles. The van der Waals surface area contributed by atoms with Crippen molar-refractivity contribution in [3.8, 4) is 0 Å². The highest BCUT2D eigenvalue weighted by molar-refractivity contribution is 5.35. The average Bonchev–Trinajstić information content (AvgIpc) is 3.23. The molecular weight excluding hydrogens is 252 g/mol. The lowest BCUT2D eigenvalue weighted by Crippen LogP contribution is -2.32. The van der Waals surface area contributed by atoms with E-state index in [4.69, 9.17) is 9.47 Å². The van der Waals surface area contributed by atoms with E-state index in [0.717, 1.165) is 45.2 Å². The van der Waals surface area contributed by atoms with Gasteiger partial charge in [0.25, 0.3) is 0 Å². The van der Waals surface area contributed by atoms with Gasteiger partial charge in [-0.05, 0) is 43.2 Å². The molecule has 0 amide bonds. The third-order valence-corrected chi connectivity index (χ3v) is 4.16. The number of nitrogens with one attached hydrogen (secondary N) is 1. The van der Waals surface area contributed by atoms with Gasteiger partial charge in [-0.2, -0.15) is 0 Å². The molecule has 4 heteroatoms. The number of methoxy groups -OCH3 is 2. The smallest absolute Gasteiger partial charge is 0.0589 e. The van der Waals surface area contributed by atoms with E-state index in [2.05, 4.69) is 23.0 Å². The number of nitrogens with zero attached hydrogens (tertiary/aromatic N) is 1. The molecule has 0 atom stereocenters. The van der Waals surface area contributed by atoms with Crippen LogP contribution in [0, 0.1) is 6.92 Å². The van der Waals surface area contributed by atoms with Crippen LogP contribution in [-0.2, 0) is 15.9 Å². The summed E-state index contributed by atoms with van der Waals surface area (Å²) in [6.45, 7) is 6.78. The van der Waals surface area contributed by atoms with Crippen molar-refractivity contribution in [1.29, 1.82) is 0 Å². The molecule has 1 N–H and O–H groups in total. The van der Waals surface area contributed by atoms with E-state index >= 15 is 0 Å². The summed E-state index contributed by atoms with van der Waals surface area (Å²) in [6.07, 6.45) is 6.06. The first-order valence-corrected chi connectivity index (χ1v) is 7.63. The Morgan fingerprint density at radius 3 is 2.35 bits per heavy atom. The summed E-state index contributed by atoms with van der Waals surface area (Å²) >= 11 is 0. The maximum Gasteiger partial charge on any atom is 0.0589 e. The molecule has 1 fully saturated rings. The maximum atomic E-state index is 5.20. The first-order valence-electron chi connectivity index (χ1n) is 7.63. The molecule has 2 rings (SSSR count). The largest absolute Gasteiger partial charge is 0.383 e. The Bertz CT molecular complexity index is 391. The minimum absolute atomic E-state index is 0.783. The fraction of sp³-hybridized carbons (Fsp3) is 0.750. The van der Waals surface area contributed by atoms with Gasteiger partial charge < -0.3 is 14.5 Å². The van der Waals surface area contributed by atoms with E-state index < -0.39 is 0 Å². The molecule has 0 saturated heterocycles. The van der Waals surface area contributed by atoms with Crippen molar-refractivity contribution in [3.63, 3.8) is 0 Å². The third kappa shape index (κ3) is 4.33. The third-order valence-electron chi connectivity index (χ3n) is 4.16. The van der Waals surface area contributed by atoms with Crippen LogP contribution in [0.3, 0.4) is 0 Å². The topological polar surface area (TPSA) is 37.5 Å². The van der Waals surface area contributed by atoms with Gasteiger partial charge in [0.15, 0.2) is 0 Å². The molecular formula is C16H28N2O2. The van der Waals surface area contributed by atoms with E-state index in [1.807, 2.05) is 0 Å². The fourth-order valence-corrected chi connectivity index (χ4v) is 2.71. The van der Waals surface area contributed by atoms with Crippen molar-refractivity contribution >= 4 is 0 Å². The van der Waals surface area contributed by atoms with Crippen molar-refractivity contribution in [2.75, 3.05) is 47.1 Å². The molecule has 1 aliphatic carbocycles. The summed E-state index contributed by atoms with van der Waals surface area (Å²) in [5.41, 5.74) is 4.43. The normalized spacial score (nSPS) is 15.2. The van der Waals surface area contributed by atoms with Gasteiger partial charge >= 0.3 is 0 Å². The van der Waals surface area contributed by atoms with Crippen LogP contribution < -0.4 is 0 Å². The second-order valence-corrected chi connectivity index (χ2v) is 5.70. The number of aromatic nitrogens is 1. The van der Waals surface area contributed by atoms with E-state index in [1.165, 1.54) is 24.1 Å². The second kappa shape index (κ2) is 7.81. The van der Waals surface area contributed by atoms with Gasteiger partial charge in [0.05, 0.1) is 13.2 Å². The van der Waals surface area contributed by atoms with E-state index in [-0.39, 0.29) is 0 Å². The standard InChI is InChI=1S/C16H28N2O2/c1-13-15(16(12-17-13)14-4-5-14)6-7-18(8-10-19-2)9-11-20-3/h12,14,17H,4-11H2,1-3H3. The number of aromatic amines is 1. The summed E-state index contributed by atoms with van der Waals surface area (Å²) < 4.78 is 10.4. The van der Waals surface area contributed by atoms with Gasteiger partial charge in [-0.15, -0.1) is 0 Å². The van der Waals surface area contributed by atoms with Crippen LogP contribution in [0.25, 0.3) is 0 Å². The van der Waals surface area contributed by atoms with Crippen LogP contribution >= 0.6 is 0 Å². The van der Waals surface area contributed by atoms with Gasteiger partial charge in [0, 0.05) is 45.7 Å². The number of rotatable bonds is 10. The number of hydrogen-bond acceptors (Lipinski definition) is 3. The summed E-state index contributed by atoms with van der Waals surface area (Å²) in [5.74, 6) is 0.821. The van der Waals surface area contributed by atoms with Crippen molar-refractivity contribution in [1.82, 2.24) is 9.88 Å². The van der Waals surface area contributed by atoms with Crippen LogP contribution in [0.5, 0.6) is 0 Å².